The molecule has 0 radical (unpaired) electrons. The molecule has 0 saturated carbocycles. The molecule has 0 heterocycles. The van der Waals surface area contributed by atoms with Gasteiger partial charge in [0, 0.05) is 17.6 Å². The molecule has 0 unspecified atom stereocenters. The summed E-state index contributed by atoms with van der Waals surface area (Å²) in [5.41, 5.74) is 1.78. The van der Waals surface area contributed by atoms with Crippen molar-refractivity contribution in [3.05, 3.63) is 76.6 Å². The van der Waals surface area contributed by atoms with Gasteiger partial charge in [-0.05, 0) is 41.8 Å². The van der Waals surface area contributed by atoms with E-state index in [9.17, 15) is 9.18 Å². The fourth-order valence-corrected chi connectivity index (χ4v) is 2.01. The summed E-state index contributed by atoms with van der Waals surface area (Å²) in [6.45, 7) is 0.497. The fourth-order valence-electron chi connectivity index (χ4n) is 1.82. The first-order chi connectivity index (χ1) is 10.1. The highest BCUT2D eigenvalue weighted by molar-refractivity contribution is 6.32. The smallest absolute Gasteiger partial charge is 0.244 e. The van der Waals surface area contributed by atoms with Crippen molar-refractivity contribution in [2.75, 3.05) is 6.54 Å². The molecule has 21 heavy (non-hydrogen) atoms. The third kappa shape index (κ3) is 5.04. The van der Waals surface area contributed by atoms with Crippen LogP contribution in [-0.4, -0.2) is 12.5 Å². The van der Waals surface area contributed by atoms with E-state index in [-0.39, 0.29) is 11.7 Å². The van der Waals surface area contributed by atoms with E-state index in [2.05, 4.69) is 5.32 Å². The predicted octanol–water partition coefficient (Wildman–Crippen LogP) is 3.85. The third-order valence-electron chi connectivity index (χ3n) is 2.95. The molecule has 2 nitrogen and oxygen atoms in total. The van der Waals surface area contributed by atoms with Gasteiger partial charge >= 0.3 is 0 Å². The minimum atomic E-state index is -0.259. The normalized spacial score (nSPS) is 10.8. The van der Waals surface area contributed by atoms with Gasteiger partial charge < -0.3 is 5.32 Å². The van der Waals surface area contributed by atoms with Crippen LogP contribution in [0.1, 0.15) is 11.1 Å². The highest BCUT2D eigenvalue weighted by Gasteiger charge is 1.98. The van der Waals surface area contributed by atoms with Gasteiger partial charge in [0.15, 0.2) is 0 Å². The van der Waals surface area contributed by atoms with Crippen LogP contribution in [0.4, 0.5) is 4.39 Å². The van der Waals surface area contributed by atoms with Crippen molar-refractivity contribution in [1.29, 1.82) is 0 Å². The van der Waals surface area contributed by atoms with Gasteiger partial charge in [0.1, 0.15) is 5.82 Å². The summed E-state index contributed by atoms with van der Waals surface area (Å²) < 4.78 is 12.7. The Labute approximate surface area is 128 Å². The molecule has 0 aliphatic rings. The summed E-state index contributed by atoms with van der Waals surface area (Å²) in [5, 5.41) is 3.38. The van der Waals surface area contributed by atoms with E-state index in [4.69, 9.17) is 11.6 Å². The van der Waals surface area contributed by atoms with Gasteiger partial charge in [-0.25, -0.2) is 4.39 Å². The SMILES string of the molecule is O=C(/C=C/c1ccccc1Cl)NCCc1ccc(F)cc1. The Kier molecular flexibility index (Phi) is 5.52. The molecule has 1 amide bonds. The predicted molar refractivity (Wildman–Crippen MR) is 83.6 cm³/mol. The van der Waals surface area contributed by atoms with Crippen LogP contribution in [0.3, 0.4) is 0 Å². The molecule has 0 aliphatic carbocycles. The van der Waals surface area contributed by atoms with Crippen LogP contribution in [0.2, 0.25) is 5.02 Å². The molecular formula is C17H15ClFNO. The highest BCUT2D eigenvalue weighted by atomic mass is 35.5. The lowest BCUT2D eigenvalue weighted by Gasteiger charge is -2.03. The molecule has 2 aromatic rings. The summed E-state index contributed by atoms with van der Waals surface area (Å²) in [6, 6.07) is 13.5. The molecule has 4 heteroatoms. The van der Waals surface area contributed by atoms with Crippen LogP contribution in [0.5, 0.6) is 0 Å². The number of nitrogens with one attached hydrogen (secondary N) is 1. The number of hydrogen-bond acceptors (Lipinski definition) is 1. The molecule has 0 bridgehead atoms. The summed E-state index contributed by atoms with van der Waals surface area (Å²) >= 11 is 5.99. The van der Waals surface area contributed by atoms with E-state index in [1.165, 1.54) is 18.2 Å². The van der Waals surface area contributed by atoms with Gasteiger partial charge in [-0.2, -0.15) is 0 Å². The van der Waals surface area contributed by atoms with Crippen molar-refractivity contribution in [2.45, 2.75) is 6.42 Å². The Morgan fingerprint density at radius 1 is 1.14 bits per heavy atom. The van der Waals surface area contributed by atoms with Crippen LogP contribution in [0, 0.1) is 5.82 Å². The summed E-state index contributed by atoms with van der Waals surface area (Å²) in [5.74, 6) is -0.442. The van der Waals surface area contributed by atoms with E-state index < -0.39 is 0 Å². The first kappa shape index (κ1) is 15.3. The summed E-state index contributed by atoms with van der Waals surface area (Å²) in [4.78, 5) is 11.7. The van der Waals surface area contributed by atoms with Gasteiger partial charge in [-0.1, -0.05) is 41.9 Å². The van der Waals surface area contributed by atoms with Gasteiger partial charge in [-0.15, -0.1) is 0 Å². The van der Waals surface area contributed by atoms with Crippen LogP contribution in [0.25, 0.3) is 6.08 Å². The molecule has 1 N–H and O–H groups in total. The van der Waals surface area contributed by atoms with Crippen molar-refractivity contribution < 1.29 is 9.18 Å². The van der Waals surface area contributed by atoms with Gasteiger partial charge in [-0.3, -0.25) is 4.79 Å². The second-order valence-electron chi connectivity index (χ2n) is 4.52. The van der Waals surface area contributed by atoms with Gasteiger partial charge in [0.25, 0.3) is 0 Å². The molecular weight excluding hydrogens is 289 g/mol. The largest absolute Gasteiger partial charge is 0.352 e. The average Bonchev–Trinajstić information content (AvgIpc) is 2.48. The molecule has 0 fully saturated rings. The Hall–Kier alpha value is -2.13. The Morgan fingerprint density at radius 2 is 1.86 bits per heavy atom. The molecule has 0 saturated heterocycles. The van der Waals surface area contributed by atoms with E-state index in [1.54, 1.807) is 24.3 Å². The van der Waals surface area contributed by atoms with E-state index >= 15 is 0 Å². The Balaban J connectivity index is 1.80. The zero-order valence-corrected chi connectivity index (χ0v) is 12.1. The standard InChI is InChI=1S/C17H15ClFNO/c18-16-4-2-1-3-14(16)7-10-17(21)20-12-11-13-5-8-15(19)9-6-13/h1-10H,11-12H2,(H,20,21)/b10-7+. The second-order valence-corrected chi connectivity index (χ2v) is 4.93. The van der Waals surface area contributed by atoms with Gasteiger partial charge in [0.2, 0.25) is 5.91 Å². The maximum absolute atomic E-state index is 12.7. The zero-order chi connectivity index (χ0) is 15.1. The van der Waals surface area contributed by atoms with Crippen molar-refractivity contribution >= 4 is 23.6 Å². The highest BCUT2D eigenvalue weighted by Crippen LogP contribution is 2.15. The molecule has 108 valence electrons. The maximum Gasteiger partial charge on any atom is 0.244 e. The lowest BCUT2D eigenvalue weighted by Crippen LogP contribution is -2.23. The van der Waals surface area contributed by atoms with Crippen molar-refractivity contribution in [2.24, 2.45) is 0 Å². The number of benzene rings is 2. The molecule has 2 aromatic carbocycles. The lowest BCUT2D eigenvalue weighted by molar-refractivity contribution is -0.116. The number of amides is 1. The monoisotopic (exact) mass is 303 g/mol. The van der Waals surface area contributed by atoms with E-state index in [0.717, 1.165) is 11.1 Å². The molecule has 0 aliphatic heterocycles. The first-order valence-corrected chi connectivity index (χ1v) is 6.98. The Bertz CT molecular complexity index is 637. The van der Waals surface area contributed by atoms with Crippen LogP contribution < -0.4 is 5.32 Å². The summed E-state index contributed by atoms with van der Waals surface area (Å²) in [7, 11) is 0. The molecule has 0 atom stereocenters. The van der Waals surface area contributed by atoms with Crippen LogP contribution >= 0.6 is 11.6 Å². The number of carbonyl (C=O) groups is 1. The van der Waals surface area contributed by atoms with Crippen molar-refractivity contribution in [3.8, 4) is 0 Å². The van der Waals surface area contributed by atoms with Crippen LogP contribution in [0.15, 0.2) is 54.6 Å². The van der Waals surface area contributed by atoms with E-state index in [1.807, 2.05) is 18.2 Å². The lowest BCUT2D eigenvalue weighted by atomic mass is 10.1. The van der Waals surface area contributed by atoms with E-state index in [0.29, 0.717) is 18.0 Å². The number of carbonyl (C=O) groups excluding carboxylic acids is 1. The summed E-state index contributed by atoms with van der Waals surface area (Å²) in [6.07, 6.45) is 3.79. The van der Waals surface area contributed by atoms with Crippen LogP contribution in [-0.2, 0) is 11.2 Å². The minimum absolute atomic E-state index is 0.183. The molecule has 2 rings (SSSR count). The zero-order valence-electron chi connectivity index (χ0n) is 11.4. The number of halogens is 2. The average molecular weight is 304 g/mol. The molecule has 0 aromatic heterocycles. The topological polar surface area (TPSA) is 29.1 Å². The first-order valence-electron chi connectivity index (χ1n) is 6.60. The maximum atomic E-state index is 12.7. The third-order valence-corrected chi connectivity index (χ3v) is 3.29. The van der Waals surface area contributed by atoms with Gasteiger partial charge in [0.05, 0.1) is 0 Å². The molecule has 0 spiro atoms. The minimum Gasteiger partial charge on any atom is -0.352 e. The van der Waals surface area contributed by atoms with Crippen molar-refractivity contribution in [1.82, 2.24) is 5.32 Å². The number of hydrogen-bond donors (Lipinski definition) is 1. The second kappa shape index (κ2) is 7.60. The number of rotatable bonds is 5. The quantitative estimate of drug-likeness (QED) is 0.835. The van der Waals surface area contributed by atoms with Crippen molar-refractivity contribution in [3.63, 3.8) is 0 Å². The Morgan fingerprint density at radius 3 is 2.57 bits per heavy atom. The fraction of sp³-hybridized carbons (Fsp3) is 0.118.